The van der Waals surface area contributed by atoms with Gasteiger partial charge in [-0.25, -0.2) is 13.8 Å². The number of benzene rings is 3. The number of hydrogen-bond acceptors (Lipinski definition) is 5. The standard InChI is InChI=1S/C28H24F2N4O2S/c1-16-3-12-22(13-17(16)2)31-26(35)15-25-27(36)32-28(37-25)34-24(19-6-10-21(30)11-7-19)14-23(33-34)18-4-8-20(29)9-5-18/h3-13,24-25H,14-15H2,1-2H3,(H,31,35)/t24-,25-/m0/s1. The maximum absolute atomic E-state index is 13.6. The van der Waals surface area contributed by atoms with Crippen LogP contribution in [0, 0.1) is 25.5 Å². The minimum Gasteiger partial charge on any atom is -0.326 e. The van der Waals surface area contributed by atoms with E-state index in [-0.39, 0.29) is 30.0 Å². The molecular weight excluding hydrogens is 494 g/mol. The third-order valence-corrected chi connectivity index (χ3v) is 7.57. The highest BCUT2D eigenvalue weighted by molar-refractivity contribution is 8.15. The molecule has 0 fully saturated rings. The zero-order valence-corrected chi connectivity index (χ0v) is 21.1. The summed E-state index contributed by atoms with van der Waals surface area (Å²) in [6.07, 6.45) is 0.427. The molecule has 1 N–H and O–H groups in total. The lowest BCUT2D eigenvalue weighted by Crippen LogP contribution is -2.25. The quantitative estimate of drug-likeness (QED) is 0.466. The van der Waals surface area contributed by atoms with Crippen molar-refractivity contribution in [1.82, 2.24) is 5.01 Å². The van der Waals surface area contributed by atoms with Crippen molar-refractivity contribution in [2.75, 3.05) is 5.32 Å². The van der Waals surface area contributed by atoms with Gasteiger partial charge < -0.3 is 5.32 Å². The minimum atomic E-state index is -0.680. The highest BCUT2D eigenvalue weighted by Gasteiger charge is 2.39. The van der Waals surface area contributed by atoms with Crippen LogP contribution in [0.15, 0.2) is 76.8 Å². The summed E-state index contributed by atoms with van der Waals surface area (Å²) < 4.78 is 27.0. The van der Waals surface area contributed by atoms with Gasteiger partial charge in [0.05, 0.1) is 11.8 Å². The molecule has 2 heterocycles. The third-order valence-electron chi connectivity index (χ3n) is 6.43. The molecule has 0 aromatic heterocycles. The molecule has 2 amide bonds. The number of aryl methyl sites for hydroxylation is 2. The van der Waals surface area contributed by atoms with Crippen molar-refractivity contribution in [2.24, 2.45) is 10.1 Å². The van der Waals surface area contributed by atoms with E-state index in [1.165, 1.54) is 36.0 Å². The molecule has 2 atom stereocenters. The zero-order valence-electron chi connectivity index (χ0n) is 20.2. The number of amidine groups is 1. The van der Waals surface area contributed by atoms with Crippen LogP contribution < -0.4 is 5.32 Å². The summed E-state index contributed by atoms with van der Waals surface area (Å²) in [6, 6.07) is 17.4. The fraction of sp³-hybridized carbons (Fsp3) is 0.214. The van der Waals surface area contributed by atoms with E-state index in [2.05, 4.69) is 10.3 Å². The van der Waals surface area contributed by atoms with Crippen LogP contribution in [-0.4, -0.2) is 33.0 Å². The minimum absolute atomic E-state index is 0.0347. The van der Waals surface area contributed by atoms with E-state index in [4.69, 9.17) is 5.10 Å². The largest absolute Gasteiger partial charge is 0.326 e. The van der Waals surface area contributed by atoms with E-state index in [9.17, 15) is 18.4 Å². The van der Waals surface area contributed by atoms with Crippen LogP contribution in [0.2, 0.25) is 0 Å². The average molecular weight is 519 g/mol. The lowest BCUT2D eigenvalue weighted by atomic mass is 9.98. The Morgan fingerprint density at radius 3 is 2.35 bits per heavy atom. The smallest absolute Gasteiger partial charge is 0.262 e. The number of carbonyl (C=O) groups excluding carboxylic acids is 2. The van der Waals surface area contributed by atoms with Gasteiger partial charge in [-0.2, -0.15) is 10.1 Å². The molecule has 0 bridgehead atoms. The van der Waals surface area contributed by atoms with Crippen molar-refractivity contribution >= 4 is 40.1 Å². The summed E-state index contributed by atoms with van der Waals surface area (Å²) in [4.78, 5) is 29.7. The fourth-order valence-electron chi connectivity index (χ4n) is 4.25. The Bertz CT molecular complexity index is 1420. The molecule has 9 heteroatoms. The molecule has 0 aliphatic carbocycles. The van der Waals surface area contributed by atoms with Crippen LogP contribution in [0.25, 0.3) is 0 Å². The number of rotatable bonds is 5. The Labute approximate surface area is 217 Å². The van der Waals surface area contributed by atoms with Gasteiger partial charge in [-0.15, -0.1) is 0 Å². The Morgan fingerprint density at radius 2 is 1.68 bits per heavy atom. The SMILES string of the molecule is Cc1ccc(NC(=O)C[C@@H]2SC(N3N=C(c4ccc(F)cc4)C[C@H]3c3ccc(F)cc3)=NC2=O)cc1C. The van der Waals surface area contributed by atoms with E-state index in [1.807, 2.05) is 32.0 Å². The summed E-state index contributed by atoms with van der Waals surface area (Å²) in [7, 11) is 0. The van der Waals surface area contributed by atoms with Gasteiger partial charge in [0.15, 0.2) is 5.17 Å². The molecule has 3 aromatic rings. The monoisotopic (exact) mass is 518 g/mol. The predicted octanol–water partition coefficient (Wildman–Crippen LogP) is 5.76. The van der Waals surface area contributed by atoms with Gasteiger partial charge >= 0.3 is 0 Å². The summed E-state index contributed by atoms with van der Waals surface area (Å²) >= 11 is 1.19. The van der Waals surface area contributed by atoms with Crippen LogP contribution in [0.4, 0.5) is 14.5 Å². The topological polar surface area (TPSA) is 74.1 Å². The van der Waals surface area contributed by atoms with E-state index < -0.39 is 11.2 Å². The molecule has 0 unspecified atom stereocenters. The molecule has 0 saturated heterocycles. The number of nitrogens with one attached hydrogen (secondary N) is 1. The summed E-state index contributed by atoms with van der Waals surface area (Å²) in [6.45, 7) is 3.96. The van der Waals surface area contributed by atoms with Crippen molar-refractivity contribution < 1.29 is 18.4 Å². The van der Waals surface area contributed by atoms with E-state index in [1.54, 1.807) is 29.3 Å². The molecule has 0 saturated carbocycles. The van der Waals surface area contributed by atoms with Crippen LogP contribution in [0.5, 0.6) is 0 Å². The van der Waals surface area contributed by atoms with Gasteiger partial charge in [0.1, 0.15) is 16.9 Å². The summed E-state index contributed by atoms with van der Waals surface area (Å²) in [5, 5.41) is 8.91. The molecule has 6 nitrogen and oxygen atoms in total. The van der Waals surface area contributed by atoms with E-state index in [0.717, 1.165) is 22.3 Å². The third kappa shape index (κ3) is 5.46. The molecule has 2 aliphatic rings. The van der Waals surface area contributed by atoms with Crippen molar-refractivity contribution in [1.29, 1.82) is 0 Å². The molecule has 3 aromatic carbocycles. The maximum Gasteiger partial charge on any atom is 0.262 e. The normalized spacial score (nSPS) is 19.1. The lowest BCUT2D eigenvalue weighted by Gasteiger charge is -2.23. The van der Waals surface area contributed by atoms with Crippen molar-refractivity contribution in [3.05, 3.63) is 101 Å². The van der Waals surface area contributed by atoms with Crippen LogP contribution in [0.3, 0.4) is 0 Å². The van der Waals surface area contributed by atoms with Crippen LogP contribution >= 0.6 is 11.8 Å². The maximum atomic E-state index is 13.6. The number of thioether (sulfide) groups is 1. The fourth-order valence-corrected chi connectivity index (χ4v) is 5.31. The lowest BCUT2D eigenvalue weighted by molar-refractivity contribution is -0.121. The first kappa shape index (κ1) is 24.8. The number of nitrogens with zero attached hydrogens (tertiary/aromatic N) is 3. The molecule has 2 aliphatic heterocycles. The van der Waals surface area contributed by atoms with Crippen molar-refractivity contribution in [3.8, 4) is 0 Å². The van der Waals surface area contributed by atoms with Gasteiger partial charge in [-0.3, -0.25) is 9.59 Å². The highest BCUT2D eigenvalue weighted by atomic mass is 32.2. The van der Waals surface area contributed by atoms with Crippen LogP contribution in [0.1, 0.15) is 41.1 Å². The average Bonchev–Trinajstić information content (AvgIpc) is 3.46. The number of hydrazone groups is 1. The second kappa shape index (κ2) is 10.3. The second-order valence-corrected chi connectivity index (χ2v) is 10.2. The van der Waals surface area contributed by atoms with E-state index >= 15 is 0 Å². The predicted molar refractivity (Wildman–Crippen MR) is 142 cm³/mol. The van der Waals surface area contributed by atoms with Crippen molar-refractivity contribution in [3.63, 3.8) is 0 Å². The molecule has 5 rings (SSSR count). The Balaban J connectivity index is 1.34. The Kier molecular flexibility index (Phi) is 6.88. The zero-order chi connectivity index (χ0) is 26.1. The Hall–Kier alpha value is -3.85. The number of carbonyl (C=O) groups is 2. The number of aliphatic imine (C=N–C) groups is 1. The van der Waals surface area contributed by atoms with Gasteiger partial charge in [0, 0.05) is 18.5 Å². The number of anilines is 1. The first-order valence-corrected chi connectivity index (χ1v) is 12.7. The molecule has 188 valence electrons. The van der Waals surface area contributed by atoms with E-state index in [0.29, 0.717) is 23.0 Å². The second-order valence-electron chi connectivity index (χ2n) is 9.06. The van der Waals surface area contributed by atoms with Gasteiger partial charge in [0.2, 0.25) is 5.91 Å². The molecule has 37 heavy (non-hydrogen) atoms. The Morgan fingerprint density at radius 1 is 1.00 bits per heavy atom. The van der Waals surface area contributed by atoms with Gasteiger partial charge in [-0.1, -0.05) is 42.1 Å². The van der Waals surface area contributed by atoms with Gasteiger partial charge in [-0.05, 0) is 72.5 Å². The number of halogens is 2. The number of amides is 2. The summed E-state index contributed by atoms with van der Waals surface area (Å²) in [5.74, 6) is -1.39. The van der Waals surface area contributed by atoms with Gasteiger partial charge in [0.25, 0.3) is 5.91 Å². The first-order chi connectivity index (χ1) is 17.8. The summed E-state index contributed by atoms with van der Waals surface area (Å²) in [5.41, 5.74) is 5.10. The first-order valence-electron chi connectivity index (χ1n) is 11.8. The number of hydrogen-bond donors (Lipinski definition) is 1. The molecular formula is C28H24F2N4O2S. The van der Waals surface area contributed by atoms with Crippen LogP contribution in [-0.2, 0) is 9.59 Å². The highest BCUT2D eigenvalue weighted by Crippen LogP contribution is 2.38. The van der Waals surface area contributed by atoms with Crippen molar-refractivity contribution in [2.45, 2.75) is 38.0 Å². The molecule has 0 radical (unpaired) electrons. The molecule has 0 spiro atoms.